The predicted octanol–water partition coefficient (Wildman–Crippen LogP) is 3.44. The van der Waals surface area contributed by atoms with Crippen LogP contribution >= 0.6 is 11.3 Å². The number of benzene rings is 1. The molecule has 2 heterocycles. The lowest BCUT2D eigenvalue weighted by atomic mass is 10.1. The molecule has 1 amide bonds. The minimum absolute atomic E-state index is 0.140. The van der Waals surface area contributed by atoms with Crippen molar-refractivity contribution in [2.24, 2.45) is 0 Å². The molecule has 1 aliphatic rings. The van der Waals surface area contributed by atoms with Crippen molar-refractivity contribution in [3.05, 3.63) is 40.9 Å². The lowest BCUT2D eigenvalue weighted by molar-refractivity contribution is -0.129. The Labute approximate surface area is 166 Å². The maximum Gasteiger partial charge on any atom is 0.228 e. The Bertz CT molecular complexity index is 723. The van der Waals surface area contributed by atoms with Gasteiger partial charge < -0.3 is 9.64 Å². The Morgan fingerprint density at radius 1 is 1.26 bits per heavy atom. The number of carbonyl (C=O) groups excluding carboxylic acids is 1. The van der Waals surface area contributed by atoms with Crippen molar-refractivity contribution >= 4 is 17.2 Å². The number of ether oxygens (including phenoxy) is 1. The van der Waals surface area contributed by atoms with Crippen LogP contribution in [0.3, 0.4) is 0 Å². The molecule has 6 heteroatoms. The summed E-state index contributed by atoms with van der Waals surface area (Å²) in [5, 5.41) is 2.98. The standard InChI is InChI=1S/C21H29N3O2S/c1-3-4-9-23(2)20(25)14-19-16-27-21(22-19)18-7-5-17(6-8-18)15-24-10-12-26-13-11-24/h5-8,16H,3-4,9-15H2,1-2H3. The van der Waals surface area contributed by atoms with Gasteiger partial charge in [0, 0.05) is 44.2 Å². The van der Waals surface area contributed by atoms with Crippen LogP contribution in [-0.2, 0) is 22.5 Å². The van der Waals surface area contributed by atoms with Crippen molar-refractivity contribution in [3.8, 4) is 10.6 Å². The molecule has 0 aliphatic carbocycles. The van der Waals surface area contributed by atoms with Crippen LogP contribution in [0.4, 0.5) is 0 Å². The molecule has 0 bridgehead atoms. The molecule has 1 aromatic carbocycles. The molecule has 27 heavy (non-hydrogen) atoms. The van der Waals surface area contributed by atoms with Gasteiger partial charge in [-0.1, -0.05) is 37.6 Å². The molecule has 1 aromatic heterocycles. The van der Waals surface area contributed by atoms with Crippen molar-refractivity contribution in [3.63, 3.8) is 0 Å². The second kappa shape index (κ2) is 9.97. The Balaban J connectivity index is 1.56. The average Bonchev–Trinajstić information content (AvgIpc) is 3.16. The van der Waals surface area contributed by atoms with Crippen LogP contribution in [0.15, 0.2) is 29.6 Å². The monoisotopic (exact) mass is 387 g/mol. The normalized spacial score (nSPS) is 15.0. The Morgan fingerprint density at radius 3 is 2.70 bits per heavy atom. The molecule has 1 aliphatic heterocycles. The fourth-order valence-corrected chi connectivity index (χ4v) is 3.93. The number of carbonyl (C=O) groups is 1. The summed E-state index contributed by atoms with van der Waals surface area (Å²) in [7, 11) is 1.87. The van der Waals surface area contributed by atoms with Gasteiger partial charge in [-0.15, -0.1) is 11.3 Å². The maximum absolute atomic E-state index is 12.3. The van der Waals surface area contributed by atoms with Crippen LogP contribution in [0.1, 0.15) is 31.0 Å². The van der Waals surface area contributed by atoms with Gasteiger partial charge >= 0.3 is 0 Å². The number of unbranched alkanes of at least 4 members (excludes halogenated alkanes) is 1. The third-order valence-electron chi connectivity index (χ3n) is 4.87. The van der Waals surface area contributed by atoms with Crippen molar-refractivity contribution in [2.45, 2.75) is 32.7 Å². The molecule has 0 atom stereocenters. The molecule has 0 N–H and O–H groups in total. The predicted molar refractivity (Wildman–Crippen MR) is 110 cm³/mol. The van der Waals surface area contributed by atoms with Gasteiger partial charge in [0.15, 0.2) is 0 Å². The molecule has 0 saturated carbocycles. The number of aromatic nitrogens is 1. The number of rotatable bonds is 8. The summed E-state index contributed by atoms with van der Waals surface area (Å²) in [6, 6.07) is 8.62. The second-order valence-electron chi connectivity index (χ2n) is 7.08. The Hall–Kier alpha value is -1.76. The van der Waals surface area contributed by atoms with Crippen molar-refractivity contribution in [1.82, 2.24) is 14.8 Å². The number of amides is 1. The highest BCUT2D eigenvalue weighted by Crippen LogP contribution is 2.25. The Morgan fingerprint density at radius 2 is 2.00 bits per heavy atom. The first-order valence-electron chi connectivity index (χ1n) is 9.73. The van der Waals surface area contributed by atoms with Gasteiger partial charge in [-0.25, -0.2) is 4.98 Å². The number of hydrogen-bond donors (Lipinski definition) is 0. The molecule has 0 spiro atoms. The van der Waals surface area contributed by atoms with E-state index in [1.54, 1.807) is 11.3 Å². The van der Waals surface area contributed by atoms with Gasteiger partial charge in [-0.3, -0.25) is 9.69 Å². The topological polar surface area (TPSA) is 45.7 Å². The molecule has 5 nitrogen and oxygen atoms in total. The van der Waals surface area contributed by atoms with Crippen LogP contribution in [0.2, 0.25) is 0 Å². The van der Waals surface area contributed by atoms with E-state index in [1.165, 1.54) is 5.56 Å². The summed E-state index contributed by atoms with van der Waals surface area (Å²) < 4.78 is 5.40. The second-order valence-corrected chi connectivity index (χ2v) is 7.93. The lowest BCUT2D eigenvalue weighted by Gasteiger charge is -2.26. The third kappa shape index (κ3) is 5.86. The molecule has 1 saturated heterocycles. The van der Waals surface area contributed by atoms with Gasteiger partial charge in [0.2, 0.25) is 5.91 Å². The van der Waals surface area contributed by atoms with Crippen LogP contribution < -0.4 is 0 Å². The molecule has 0 unspecified atom stereocenters. The van der Waals surface area contributed by atoms with E-state index in [-0.39, 0.29) is 5.91 Å². The summed E-state index contributed by atoms with van der Waals surface area (Å²) in [6.45, 7) is 7.56. The largest absolute Gasteiger partial charge is 0.379 e. The van der Waals surface area contributed by atoms with Crippen LogP contribution in [-0.4, -0.2) is 60.6 Å². The summed E-state index contributed by atoms with van der Waals surface area (Å²) >= 11 is 1.61. The fourth-order valence-electron chi connectivity index (χ4n) is 3.10. The van der Waals surface area contributed by atoms with Crippen molar-refractivity contribution < 1.29 is 9.53 Å². The maximum atomic E-state index is 12.3. The van der Waals surface area contributed by atoms with Gasteiger partial charge in [0.1, 0.15) is 5.01 Å². The molecule has 2 aromatic rings. The zero-order chi connectivity index (χ0) is 19.1. The lowest BCUT2D eigenvalue weighted by Crippen LogP contribution is -2.35. The smallest absolute Gasteiger partial charge is 0.228 e. The van der Waals surface area contributed by atoms with Crippen LogP contribution in [0.25, 0.3) is 10.6 Å². The summed E-state index contributed by atoms with van der Waals surface area (Å²) in [6.07, 6.45) is 2.52. The van der Waals surface area contributed by atoms with E-state index in [1.807, 2.05) is 17.3 Å². The van der Waals surface area contributed by atoms with E-state index in [2.05, 4.69) is 41.1 Å². The highest BCUT2D eigenvalue weighted by Gasteiger charge is 2.13. The number of nitrogens with zero attached hydrogens (tertiary/aromatic N) is 3. The highest BCUT2D eigenvalue weighted by molar-refractivity contribution is 7.13. The number of morpholine rings is 1. The minimum atomic E-state index is 0.140. The van der Waals surface area contributed by atoms with E-state index < -0.39 is 0 Å². The van der Waals surface area contributed by atoms with Crippen molar-refractivity contribution in [1.29, 1.82) is 0 Å². The quantitative estimate of drug-likeness (QED) is 0.696. The zero-order valence-electron chi connectivity index (χ0n) is 16.3. The summed E-state index contributed by atoms with van der Waals surface area (Å²) in [5.41, 5.74) is 3.29. The summed E-state index contributed by atoms with van der Waals surface area (Å²) in [4.78, 5) is 21.2. The molecular formula is C21H29N3O2S. The fraction of sp³-hybridized carbons (Fsp3) is 0.524. The first kappa shape index (κ1) is 20.0. The summed E-state index contributed by atoms with van der Waals surface area (Å²) in [5.74, 6) is 0.140. The van der Waals surface area contributed by atoms with E-state index in [4.69, 9.17) is 4.74 Å². The average molecular weight is 388 g/mol. The van der Waals surface area contributed by atoms with Crippen molar-refractivity contribution in [2.75, 3.05) is 39.9 Å². The molecule has 3 rings (SSSR count). The van der Waals surface area contributed by atoms with Gasteiger partial charge in [-0.05, 0) is 12.0 Å². The molecule has 0 radical (unpaired) electrons. The molecule has 1 fully saturated rings. The molecular weight excluding hydrogens is 358 g/mol. The SMILES string of the molecule is CCCCN(C)C(=O)Cc1csc(-c2ccc(CN3CCOCC3)cc2)n1. The number of hydrogen-bond acceptors (Lipinski definition) is 5. The van der Waals surface area contributed by atoms with Gasteiger partial charge in [0.05, 0.1) is 25.3 Å². The third-order valence-corrected chi connectivity index (χ3v) is 5.81. The highest BCUT2D eigenvalue weighted by atomic mass is 32.1. The van der Waals surface area contributed by atoms with Crippen LogP contribution in [0, 0.1) is 0 Å². The first-order chi connectivity index (χ1) is 13.2. The van der Waals surface area contributed by atoms with E-state index in [0.717, 1.165) is 68.5 Å². The van der Waals surface area contributed by atoms with E-state index in [9.17, 15) is 4.79 Å². The first-order valence-corrected chi connectivity index (χ1v) is 10.6. The number of thiazole rings is 1. The molecule has 146 valence electrons. The zero-order valence-corrected chi connectivity index (χ0v) is 17.1. The number of likely N-dealkylation sites (N-methyl/N-ethyl adjacent to an activating group) is 1. The van der Waals surface area contributed by atoms with E-state index in [0.29, 0.717) is 6.42 Å². The minimum Gasteiger partial charge on any atom is -0.379 e. The Kier molecular flexibility index (Phi) is 7.38. The van der Waals surface area contributed by atoms with Crippen LogP contribution in [0.5, 0.6) is 0 Å². The van der Waals surface area contributed by atoms with E-state index >= 15 is 0 Å². The van der Waals surface area contributed by atoms with Gasteiger partial charge in [0.25, 0.3) is 0 Å². The van der Waals surface area contributed by atoms with Gasteiger partial charge in [-0.2, -0.15) is 0 Å².